The van der Waals surface area contributed by atoms with Gasteiger partial charge in [-0.1, -0.05) is 35.1 Å². The normalized spacial score (nSPS) is 20.2. The Kier molecular flexibility index (Phi) is 7.64. The third-order valence-electron chi connectivity index (χ3n) is 6.91. The summed E-state index contributed by atoms with van der Waals surface area (Å²) in [5.74, 6) is -0.496. The molecule has 0 saturated carbocycles. The number of aliphatic hydroxyl groups excluding tert-OH is 1. The number of fused-ring (bicyclic) bond motifs is 1. The molecule has 206 valence electrons. The molecule has 7 nitrogen and oxygen atoms in total. The predicted octanol–water partition coefficient (Wildman–Crippen LogP) is 3.27. The predicted molar refractivity (Wildman–Crippen MR) is 140 cm³/mol. The number of piperidine rings is 1. The Morgan fingerprint density at radius 1 is 1.21 bits per heavy atom. The van der Waals surface area contributed by atoms with Crippen LogP contribution in [0, 0.1) is 0 Å². The van der Waals surface area contributed by atoms with Crippen molar-refractivity contribution < 1.29 is 27.8 Å². The van der Waals surface area contributed by atoms with E-state index < -0.39 is 34.7 Å². The molecular weight excluding hydrogens is 560 g/mol. The number of aliphatic hydroxyl groups is 1. The van der Waals surface area contributed by atoms with Gasteiger partial charge in [0.05, 0.1) is 34.7 Å². The first-order chi connectivity index (χ1) is 18.6. The van der Waals surface area contributed by atoms with Gasteiger partial charge in [0.2, 0.25) is 5.88 Å². The van der Waals surface area contributed by atoms with Crippen molar-refractivity contribution in [1.82, 2.24) is 9.47 Å². The van der Waals surface area contributed by atoms with Gasteiger partial charge < -0.3 is 10.2 Å². The lowest BCUT2D eigenvalue weighted by molar-refractivity contribution is -0.138. The average molecular weight is 583 g/mol. The molecule has 2 aromatic carbocycles. The fourth-order valence-electron chi connectivity index (χ4n) is 5.02. The molecule has 0 bridgehead atoms. The second-order valence-electron chi connectivity index (χ2n) is 9.36. The fraction of sp³-hybridized carbons (Fsp3) is 0.346. The van der Waals surface area contributed by atoms with Crippen LogP contribution in [0.3, 0.4) is 0 Å². The lowest BCUT2D eigenvalue weighted by atomic mass is 9.96. The lowest BCUT2D eigenvalue weighted by Gasteiger charge is -2.34. The van der Waals surface area contributed by atoms with E-state index in [9.17, 15) is 23.1 Å². The number of alkyl halides is 4. The Balaban J connectivity index is 1.65. The number of likely N-dealkylation sites (tertiary alicyclic amines) is 1. The second kappa shape index (κ2) is 10.8. The highest BCUT2D eigenvalue weighted by atomic mass is 35.5. The molecule has 2 aliphatic rings. The van der Waals surface area contributed by atoms with Gasteiger partial charge in [-0.2, -0.15) is 23.4 Å². The maximum atomic E-state index is 15.2. The van der Waals surface area contributed by atoms with Gasteiger partial charge in [-0.05, 0) is 47.0 Å². The highest BCUT2D eigenvalue weighted by Gasteiger charge is 2.36. The third-order valence-corrected chi connectivity index (χ3v) is 8.15. The summed E-state index contributed by atoms with van der Waals surface area (Å²) in [6, 6.07) is 7.45. The maximum absolute atomic E-state index is 15.2. The summed E-state index contributed by atoms with van der Waals surface area (Å²) in [6.07, 6.45) is -4.76. The summed E-state index contributed by atoms with van der Waals surface area (Å²) in [5, 5.41) is 29.2. The average Bonchev–Trinajstić information content (AvgIpc) is 3.46. The van der Waals surface area contributed by atoms with E-state index in [1.165, 1.54) is 18.3 Å². The second-order valence-corrected chi connectivity index (χ2v) is 10.8. The fourth-order valence-corrected chi connectivity index (χ4v) is 6.19. The molecule has 0 spiro atoms. The van der Waals surface area contributed by atoms with Crippen molar-refractivity contribution >= 4 is 34.7 Å². The molecule has 3 aromatic rings. The first-order valence-electron chi connectivity index (χ1n) is 12.1. The Morgan fingerprint density at radius 2 is 2.00 bits per heavy atom. The number of rotatable bonds is 6. The molecule has 2 aliphatic heterocycles. The van der Waals surface area contributed by atoms with E-state index in [1.54, 1.807) is 23.1 Å². The van der Waals surface area contributed by atoms with E-state index >= 15 is 4.39 Å². The zero-order chi connectivity index (χ0) is 27.9. The van der Waals surface area contributed by atoms with Crippen LogP contribution in [0.4, 0.5) is 17.6 Å². The van der Waals surface area contributed by atoms with Gasteiger partial charge in [0.1, 0.15) is 6.17 Å². The molecule has 0 unspecified atom stereocenters. The molecule has 0 aliphatic carbocycles. The first kappa shape index (κ1) is 27.5. The molecule has 39 heavy (non-hydrogen) atoms. The van der Waals surface area contributed by atoms with Gasteiger partial charge in [-0.3, -0.25) is 14.3 Å². The first-order valence-corrected chi connectivity index (χ1v) is 13.3. The summed E-state index contributed by atoms with van der Waals surface area (Å²) in [6.45, 7) is 0.545. The zero-order valence-electron chi connectivity index (χ0n) is 20.3. The molecule has 1 fully saturated rings. The number of aromatic nitrogens is 1. The Labute approximate surface area is 228 Å². The lowest BCUT2D eigenvalue weighted by Crippen LogP contribution is -2.45. The molecule has 0 amide bonds. The van der Waals surface area contributed by atoms with Crippen LogP contribution in [0.15, 0.2) is 51.4 Å². The quantitative estimate of drug-likeness (QED) is 0.437. The van der Waals surface area contributed by atoms with Gasteiger partial charge in [0.25, 0.3) is 0 Å². The molecule has 1 aromatic heterocycles. The highest BCUT2D eigenvalue weighted by Crippen LogP contribution is 2.38. The minimum Gasteiger partial charge on any atom is -0.493 e. The van der Waals surface area contributed by atoms with Crippen molar-refractivity contribution in [3.63, 3.8) is 0 Å². The van der Waals surface area contributed by atoms with Crippen LogP contribution in [0.5, 0.6) is 5.88 Å². The number of aromatic hydroxyl groups is 1. The Morgan fingerprint density at radius 3 is 2.72 bits per heavy atom. The molecular formula is C26H23ClF4N4O3S. The van der Waals surface area contributed by atoms with E-state index in [4.69, 9.17) is 16.7 Å². The van der Waals surface area contributed by atoms with Crippen molar-refractivity contribution in [3.05, 3.63) is 83.2 Å². The van der Waals surface area contributed by atoms with Crippen molar-refractivity contribution in [2.24, 2.45) is 10.2 Å². The largest absolute Gasteiger partial charge is 0.493 e. The van der Waals surface area contributed by atoms with Crippen LogP contribution < -0.4 is 15.4 Å². The van der Waals surface area contributed by atoms with Crippen molar-refractivity contribution in [2.45, 2.75) is 31.2 Å². The molecule has 3 heterocycles. The molecule has 0 radical (unpaired) electrons. The van der Waals surface area contributed by atoms with E-state index in [0.29, 0.717) is 34.0 Å². The molecule has 5 rings (SSSR count). The van der Waals surface area contributed by atoms with Gasteiger partial charge >= 0.3 is 11.0 Å². The summed E-state index contributed by atoms with van der Waals surface area (Å²) >= 11 is 6.52. The van der Waals surface area contributed by atoms with Crippen LogP contribution in [-0.2, 0) is 12.6 Å². The summed E-state index contributed by atoms with van der Waals surface area (Å²) in [5.41, 5.74) is -0.148. The number of benzene rings is 2. The number of thiazole rings is 1. The van der Waals surface area contributed by atoms with Gasteiger partial charge in [0.15, 0.2) is 0 Å². The number of β-amino-alcohol motifs (C(OH)–C–C–N with tert-alkyl or cyclic N) is 1. The van der Waals surface area contributed by atoms with Crippen LogP contribution in [0.2, 0.25) is 5.02 Å². The van der Waals surface area contributed by atoms with E-state index in [2.05, 4.69) is 10.2 Å². The van der Waals surface area contributed by atoms with Crippen molar-refractivity contribution in [3.8, 4) is 5.88 Å². The van der Waals surface area contributed by atoms with E-state index in [0.717, 1.165) is 10.6 Å². The number of halogens is 5. The molecule has 1 saturated heterocycles. The standard InChI is InChI=1S/C26H23ClF4N4O3S/c27-17-3-1-15(19(11-17)26(29,30)31)10-18(14-2-4-21-16(9-14)12-32-33-21)23-24(37)35(25(38)39-23)22-5-6-34(7-8-36)13-20(22)28/h1-4,9,11-12,20,22,36-37H,5-8,10,13H2/t20-,22-/m0/s1. The van der Waals surface area contributed by atoms with Gasteiger partial charge in [-0.15, -0.1) is 0 Å². The summed E-state index contributed by atoms with van der Waals surface area (Å²) in [4.78, 5) is 14.3. The minimum absolute atomic E-state index is 0.0216. The van der Waals surface area contributed by atoms with Gasteiger partial charge in [0, 0.05) is 36.6 Å². The summed E-state index contributed by atoms with van der Waals surface area (Å²) < 4.78 is 57.9. The Bertz CT molecular complexity index is 1620. The van der Waals surface area contributed by atoms with Crippen LogP contribution in [0.25, 0.3) is 5.57 Å². The maximum Gasteiger partial charge on any atom is 0.416 e. The minimum atomic E-state index is -4.69. The van der Waals surface area contributed by atoms with Crippen molar-refractivity contribution in [1.29, 1.82) is 0 Å². The highest BCUT2D eigenvalue weighted by molar-refractivity contribution is 7.10. The molecule has 2 atom stereocenters. The number of nitrogens with zero attached hydrogens (tertiary/aromatic N) is 4. The monoisotopic (exact) mass is 582 g/mol. The topological polar surface area (TPSA) is 90.4 Å². The third kappa shape index (κ3) is 5.51. The van der Waals surface area contributed by atoms with E-state index in [-0.39, 0.29) is 53.6 Å². The van der Waals surface area contributed by atoms with Crippen LogP contribution in [0.1, 0.15) is 34.0 Å². The number of hydrogen-bond acceptors (Lipinski definition) is 7. The summed E-state index contributed by atoms with van der Waals surface area (Å²) in [7, 11) is 0. The van der Waals surface area contributed by atoms with Crippen LogP contribution >= 0.6 is 22.9 Å². The van der Waals surface area contributed by atoms with E-state index in [1.807, 2.05) is 0 Å². The number of hydrogen-bond donors (Lipinski definition) is 2. The van der Waals surface area contributed by atoms with Gasteiger partial charge in [-0.25, -0.2) is 4.39 Å². The zero-order valence-corrected chi connectivity index (χ0v) is 21.9. The van der Waals surface area contributed by atoms with Crippen LogP contribution in [-0.4, -0.2) is 58.3 Å². The molecule has 13 heteroatoms. The van der Waals surface area contributed by atoms with Crippen molar-refractivity contribution in [2.75, 3.05) is 26.2 Å². The Hall–Kier alpha value is -3.06. The smallest absolute Gasteiger partial charge is 0.416 e. The molecule has 2 N–H and O–H groups in total. The SMILES string of the molecule is O=c1sc(C(Cc2ccc(Cl)cc2C(F)(F)F)=c2ccc3c(c2)C=NN=3)c(O)n1[C@H]1CCN(CCO)C[C@@H]1F.